The van der Waals surface area contributed by atoms with Crippen LogP contribution < -0.4 is 10.5 Å². The van der Waals surface area contributed by atoms with Crippen molar-refractivity contribution in [2.75, 3.05) is 0 Å². The van der Waals surface area contributed by atoms with Crippen LogP contribution in [-0.2, 0) is 0 Å². The molecule has 17 heavy (non-hydrogen) atoms. The van der Waals surface area contributed by atoms with Gasteiger partial charge >= 0.3 is 6.61 Å². The first-order valence-corrected chi connectivity index (χ1v) is 5.38. The van der Waals surface area contributed by atoms with E-state index in [1.54, 1.807) is 19.1 Å². The summed E-state index contributed by atoms with van der Waals surface area (Å²) in [4.78, 5) is 11.3. The van der Waals surface area contributed by atoms with Crippen molar-refractivity contribution in [2.45, 2.75) is 32.3 Å². The van der Waals surface area contributed by atoms with Crippen LogP contribution in [0.5, 0.6) is 5.75 Å². The van der Waals surface area contributed by atoms with Gasteiger partial charge in [-0.15, -0.1) is 0 Å². The van der Waals surface area contributed by atoms with Gasteiger partial charge < -0.3 is 10.5 Å². The third-order valence-corrected chi connectivity index (χ3v) is 2.87. The van der Waals surface area contributed by atoms with E-state index in [-0.39, 0.29) is 17.2 Å². The van der Waals surface area contributed by atoms with Gasteiger partial charge in [0, 0.05) is 0 Å². The average Bonchev–Trinajstić information content (AvgIpc) is 3.00. The fourth-order valence-corrected chi connectivity index (χ4v) is 1.94. The van der Waals surface area contributed by atoms with Crippen LogP contribution in [0.4, 0.5) is 8.78 Å². The highest BCUT2D eigenvalue weighted by atomic mass is 19.3. The molecule has 1 aromatic carbocycles. The minimum absolute atomic E-state index is 0.0463. The maximum absolute atomic E-state index is 12.4. The normalized spacial score (nSPS) is 15.1. The van der Waals surface area contributed by atoms with Crippen LogP contribution in [0.1, 0.15) is 40.2 Å². The molecule has 0 spiro atoms. The van der Waals surface area contributed by atoms with E-state index in [1.807, 2.05) is 0 Å². The molecule has 1 fully saturated rings. The summed E-state index contributed by atoms with van der Waals surface area (Å²) >= 11 is 0. The SMILES string of the molecule is Cc1ccc(C2CC2)c(OC(F)F)c1C(N)=O. The fraction of sp³-hybridized carbons (Fsp3) is 0.417. The van der Waals surface area contributed by atoms with Crippen LogP contribution in [-0.4, -0.2) is 12.5 Å². The Morgan fingerprint density at radius 1 is 1.47 bits per heavy atom. The molecule has 0 radical (unpaired) electrons. The first-order chi connectivity index (χ1) is 8.00. The lowest BCUT2D eigenvalue weighted by atomic mass is 10.00. The largest absolute Gasteiger partial charge is 0.434 e. The number of carbonyl (C=O) groups excluding carboxylic acids is 1. The average molecular weight is 241 g/mol. The van der Waals surface area contributed by atoms with Crippen molar-refractivity contribution >= 4 is 5.91 Å². The number of hydrogen-bond donors (Lipinski definition) is 1. The Balaban J connectivity index is 2.53. The molecule has 1 aliphatic rings. The van der Waals surface area contributed by atoms with E-state index < -0.39 is 12.5 Å². The molecule has 1 amide bonds. The number of hydrogen-bond acceptors (Lipinski definition) is 2. The highest BCUT2D eigenvalue weighted by Crippen LogP contribution is 2.46. The van der Waals surface area contributed by atoms with Crippen molar-refractivity contribution in [2.24, 2.45) is 5.73 Å². The van der Waals surface area contributed by atoms with Gasteiger partial charge in [0.25, 0.3) is 5.91 Å². The third kappa shape index (κ3) is 2.38. The minimum atomic E-state index is -2.95. The highest BCUT2D eigenvalue weighted by molar-refractivity contribution is 5.97. The Bertz CT molecular complexity index is 456. The van der Waals surface area contributed by atoms with E-state index in [9.17, 15) is 13.6 Å². The lowest BCUT2D eigenvalue weighted by Crippen LogP contribution is -2.17. The Morgan fingerprint density at radius 3 is 2.59 bits per heavy atom. The number of amides is 1. The number of benzene rings is 1. The van der Waals surface area contributed by atoms with Crippen molar-refractivity contribution in [3.63, 3.8) is 0 Å². The zero-order valence-electron chi connectivity index (χ0n) is 9.37. The van der Waals surface area contributed by atoms with Crippen LogP contribution in [0.25, 0.3) is 0 Å². The van der Waals surface area contributed by atoms with E-state index in [0.29, 0.717) is 11.1 Å². The predicted octanol–water partition coefficient (Wildman–Crippen LogP) is 2.57. The Kier molecular flexibility index (Phi) is 3.00. The maximum Gasteiger partial charge on any atom is 0.387 e. The number of nitrogens with two attached hydrogens (primary N) is 1. The van der Waals surface area contributed by atoms with Crippen LogP contribution in [0.3, 0.4) is 0 Å². The first-order valence-electron chi connectivity index (χ1n) is 5.38. The summed E-state index contributed by atoms with van der Waals surface area (Å²) in [6.07, 6.45) is 1.86. The standard InChI is InChI=1S/C12H13F2NO2/c1-6-2-5-8(7-3-4-7)10(17-12(13)14)9(6)11(15)16/h2,5,7,12H,3-4H2,1H3,(H2,15,16). The van der Waals surface area contributed by atoms with Gasteiger partial charge in [-0.25, -0.2) is 0 Å². The van der Waals surface area contributed by atoms with Gasteiger partial charge in [0.2, 0.25) is 0 Å². The van der Waals surface area contributed by atoms with Crippen molar-refractivity contribution in [1.29, 1.82) is 0 Å². The third-order valence-electron chi connectivity index (χ3n) is 2.87. The molecule has 92 valence electrons. The molecule has 0 unspecified atom stereocenters. The topological polar surface area (TPSA) is 52.3 Å². The molecule has 5 heteroatoms. The lowest BCUT2D eigenvalue weighted by molar-refractivity contribution is -0.0507. The number of primary amides is 1. The Morgan fingerprint density at radius 2 is 2.12 bits per heavy atom. The molecule has 0 heterocycles. The molecule has 1 aliphatic carbocycles. The van der Waals surface area contributed by atoms with Crippen LogP contribution >= 0.6 is 0 Å². The van der Waals surface area contributed by atoms with E-state index in [0.717, 1.165) is 12.8 Å². The zero-order valence-corrected chi connectivity index (χ0v) is 9.37. The van der Waals surface area contributed by atoms with Crippen molar-refractivity contribution in [3.05, 3.63) is 28.8 Å². The molecule has 3 nitrogen and oxygen atoms in total. The van der Waals surface area contributed by atoms with Crippen molar-refractivity contribution < 1.29 is 18.3 Å². The summed E-state index contributed by atoms with van der Waals surface area (Å²) in [7, 11) is 0. The van der Waals surface area contributed by atoms with E-state index >= 15 is 0 Å². The van der Waals surface area contributed by atoms with Crippen LogP contribution in [0.2, 0.25) is 0 Å². The summed E-state index contributed by atoms with van der Waals surface area (Å²) in [5, 5.41) is 0. The highest BCUT2D eigenvalue weighted by Gasteiger charge is 2.30. The lowest BCUT2D eigenvalue weighted by Gasteiger charge is -2.15. The number of ether oxygens (including phenoxy) is 1. The van der Waals surface area contributed by atoms with Gasteiger partial charge in [-0.1, -0.05) is 12.1 Å². The number of halogens is 2. The molecule has 1 aromatic rings. The predicted molar refractivity (Wildman–Crippen MR) is 58.3 cm³/mol. The molecule has 1 saturated carbocycles. The van der Waals surface area contributed by atoms with E-state index in [2.05, 4.69) is 4.74 Å². The Labute approximate surface area is 97.6 Å². The smallest absolute Gasteiger partial charge is 0.387 e. The van der Waals surface area contributed by atoms with Crippen LogP contribution in [0.15, 0.2) is 12.1 Å². The number of rotatable bonds is 4. The zero-order chi connectivity index (χ0) is 12.6. The summed E-state index contributed by atoms with van der Waals surface area (Å²) in [6, 6.07) is 3.45. The van der Waals surface area contributed by atoms with Crippen molar-refractivity contribution in [3.8, 4) is 5.75 Å². The molecule has 2 N–H and O–H groups in total. The van der Waals surface area contributed by atoms with Gasteiger partial charge in [-0.05, 0) is 36.8 Å². The van der Waals surface area contributed by atoms with Gasteiger partial charge in [0.1, 0.15) is 5.75 Å². The minimum Gasteiger partial charge on any atom is -0.434 e. The second-order valence-electron chi connectivity index (χ2n) is 4.19. The molecule has 0 aliphatic heterocycles. The summed E-state index contributed by atoms with van der Waals surface area (Å²) in [5.74, 6) is -0.571. The molecular formula is C12H13F2NO2. The molecule has 0 atom stereocenters. The van der Waals surface area contributed by atoms with E-state index in [4.69, 9.17) is 5.73 Å². The number of carbonyl (C=O) groups is 1. The summed E-state index contributed by atoms with van der Waals surface area (Å²) in [6.45, 7) is -1.30. The molecule has 0 aromatic heterocycles. The summed E-state index contributed by atoms with van der Waals surface area (Å²) < 4.78 is 29.3. The second-order valence-corrected chi connectivity index (χ2v) is 4.19. The quantitative estimate of drug-likeness (QED) is 0.880. The van der Waals surface area contributed by atoms with Crippen molar-refractivity contribution in [1.82, 2.24) is 0 Å². The molecule has 2 rings (SSSR count). The molecular weight excluding hydrogens is 228 g/mol. The fourth-order valence-electron chi connectivity index (χ4n) is 1.94. The van der Waals surface area contributed by atoms with E-state index in [1.165, 1.54) is 0 Å². The Hall–Kier alpha value is -1.65. The number of aryl methyl sites for hydroxylation is 1. The van der Waals surface area contributed by atoms with Gasteiger partial charge in [0.15, 0.2) is 0 Å². The van der Waals surface area contributed by atoms with Crippen LogP contribution in [0, 0.1) is 6.92 Å². The number of alkyl halides is 2. The summed E-state index contributed by atoms with van der Waals surface area (Å²) in [5.41, 5.74) is 6.49. The molecule has 0 bridgehead atoms. The maximum atomic E-state index is 12.4. The first kappa shape index (κ1) is 11.8. The monoisotopic (exact) mass is 241 g/mol. The van der Waals surface area contributed by atoms with Gasteiger partial charge in [-0.3, -0.25) is 4.79 Å². The second kappa shape index (κ2) is 4.31. The molecule has 0 saturated heterocycles. The van der Waals surface area contributed by atoms with Gasteiger partial charge in [-0.2, -0.15) is 8.78 Å². The van der Waals surface area contributed by atoms with Gasteiger partial charge in [0.05, 0.1) is 5.56 Å².